The summed E-state index contributed by atoms with van der Waals surface area (Å²) >= 11 is 0. The van der Waals surface area contributed by atoms with Gasteiger partial charge in [-0.05, 0) is 29.4 Å². The number of hydrogen-bond acceptors (Lipinski definition) is 1. The zero-order valence-electron chi connectivity index (χ0n) is 16.9. The molecule has 2 aromatic rings. The minimum atomic E-state index is -0.0483. The van der Waals surface area contributed by atoms with Crippen LogP contribution >= 0.6 is 0 Å². The molecule has 3 rings (SSSR count). The monoisotopic (exact) mass is 365 g/mol. The number of hydrogen-bond donors (Lipinski definition) is 1. The smallest absolute Gasteiger partial charge is 0.281 e. The summed E-state index contributed by atoms with van der Waals surface area (Å²) in [5, 5.41) is 2.22. The normalized spacial score (nSPS) is 15.7. The number of nitrogens with zero attached hydrogens (tertiary/aromatic N) is 1. The van der Waals surface area contributed by atoms with Crippen LogP contribution in [0.25, 0.3) is 0 Å². The number of carbonyl (C=O) groups excluding carboxylic acids is 1. The summed E-state index contributed by atoms with van der Waals surface area (Å²) in [5.74, 6) is 0.294. The molecule has 1 amide bonds. The van der Waals surface area contributed by atoms with Gasteiger partial charge in [-0.3, -0.25) is 4.79 Å². The third-order valence-corrected chi connectivity index (χ3v) is 5.49. The summed E-state index contributed by atoms with van der Waals surface area (Å²) in [5.41, 5.74) is 4.02. The number of amides is 1. The van der Waals surface area contributed by atoms with Crippen LogP contribution in [0.15, 0.2) is 54.6 Å². The fourth-order valence-corrected chi connectivity index (χ4v) is 3.73. The quantitative estimate of drug-likeness (QED) is 0.838. The number of benzene rings is 2. The van der Waals surface area contributed by atoms with E-state index in [1.807, 2.05) is 11.0 Å². The molecule has 1 atom stereocenters. The predicted octanol–water partition coefficient (Wildman–Crippen LogP) is 3.28. The van der Waals surface area contributed by atoms with Crippen molar-refractivity contribution in [3.8, 4) is 0 Å². The van der Waals surface area contributed by atoms with Crippen molar-refractivity contribution < 1.29 is 10.1 Å². The molecule has 3 nitrogen and oxygen atoms in total. The lowest BCUT2D eigenvalue weighted by Crippen LogP contribution is -2.91. The molecule has 2 N–H and O–H groups in total. The van der Waals surface area contributed by atoms with E-state index in [2.05, 4.69) is 74.6 Å². The maximum atomic E-state index is 13.1. The second kappa shape index (κ2) is 8.71. The summed E-state index contributed by atoms with van der Waals surface area (Å²) in [6.45, 7) is 9.37. The molecule has 0 bridgehead atoms. The van der Waals surface area contributed by atoms with Crippen LogP contribution in [0.3, 0.4) is 0 Å². The average molecular weight is 366 g/mol. The third kappa shape index (κ3) is 5.43. The van der Waals surface area contributed by atoms with Crippen molar-refractivity contribution in [2.24, 2.45) is 0 Å². The van der Waals surface area contributed by atoms with Crippen molar-refractivity contribution in [3.63, 3.8) is 0 Å². The van der Waals surface area contributed by atoms with Crippen molar-refractivity contribution >= 4 is 5.91 Å². The predicted molar refractivity (Wildman–Crippen MR) is 111 cm³/mol. The van der Waals surface area contributed by atoms with Crippen molar-refractivity contribution in [2.75, 3.05) is 13.1 Å². The first-order chi connectivity index (χ1) is 12.9. The van der Waals surface area contributed by atoms with Crippen molar-refractivity contribution in [3.05, 3.63) is 71.3 Å². The Balaban J connectivity index is 1.68. The second-order valence-corrected chi connectivity index (χ2v) is 8.72. The van der Waals surface area contributed by atoms with E-state index in [1.165, 1.54) is 16.7 Å². The molecule has 1 heterocycles. The van der Waals surface area contributed by atoms with E-state index < -0.39 is 0 Å². The van der Waals surface area contributed by atoms with E-state index >= 15 is 0 Å². The Labute approximate surface area is 163 Å². The summed E-state index contributed by atoms with van der Waals surface area (Å²) in [7, 11) is 0. The van der Waals surface area contributed by atoms with Crippen LogP contribution in [-0.4, -0.2) is 29.9 Å². The number of likely N-dealkylation sites (tertiary alicyclic amines) is 1. The molecule has 0 unspecified atom stereocenters. The van der Waals surface area contributed by atoms with Crippen LogP contribution in [0.1, 0.15) is 50.3 Å². The Kier molecular flexibility index (Phi) is 6.33. The van der Waals surface area contributed by atoms with Crippen LogP contribution in [0.4, 0.5) is 0 Å². The highest BCUT2D eigenvalue weighted by Gasteiger charge is 2.29. The van der Waals surface area contributed by atoms with Gasteiger partial charge in [-0.1, -0.05) is 75.4 Å². The molecule has 0 aromatic heterocycles. The van der Waals surface area contributed by atoms with Crippen LogP contribution in [-0.2, 0) is 23.2 Å². The summed E-state index contributed by atoms with van der Waals surface area (Å²) in [6.07, 6.45) is 3.06. The first kappa shape index (κ1) is 19.6. The fraction of sp³-hybridized carbons (Fsp3) is 0.458. The first-order valence-corrected chi connectivity index (χ1v) is 10.2. The van der Waals surface area contributed by atoms with Gasteiger partial charge >= 0.3 is 0 Å². The van der Waals surface area contributed by atoms with Gasteiger partial charge in [0.25, 0.3) is 5.91 Å². The molecular weight excluding hydrogens is 332 g/mol. The van der Waals surface area contributed by atoms with Gasteiger partial charge in [-0.2, -0.15) is 0 Å². The van der Waals surface area contributed by atoms with Gasteiger partial charge in [0.1, 0.15) is 6.54 Å². The van der Waals surface area contributed by atoms with E-state index in [-0.39, 0.29) is 11.5 Å². The SMILES string of the molecule is CC(C)(C)c1ccc(C[NH2+][C@@H](Cc2ccccc2)C(=O)N2CCCC2)cc1. The maximum Gasteiger partial charge on any atom is 0.281 e. The van der Waals surface area contributed by atoms with E-state index in [4.69, 9.17) is 0 Å². The Morgan fingerprint density at radius 2 is 1.59 bits per heavy atom. The van der Waals surface area contributed by atoms with E-state index in [1.54, 1.807) is 0 Å². The summed E-state index contributed by atoms with van der Waals surface area (Å²) < 4.78 is 0. The van der Waals surface area contributed by atoms with Crippen molar-refractivity contribution in [1.29, 1.82) is 0 Å². The van der Waals surface area contributed by atoms with E-state index in [0.717, 1.165) is 38.9 Å². The van der Waals surface area contributed by atoms with Gasteiger partial charge in [0.2, 0.25) is 0 Å². The standard InChI is InChI=1S/C24H32N2O/c1-24(2,3)21-13-11-20(12-14-21)18-25-22(17-19-9-5-4-6-10-19)23(27)26-15-7-8-16-26/h4-6,9-14,22,25H,7-8,15-18H2,1-3H3/p+1/t22-/m0/s1. The van der Waals surface area contributed by atoms with Crippen LogP contribution in [0, 0.1) is 0 Å². The van der Waals surface area contributed by atoms with Crippen LogP contribution in [0.5, 0.6) is 0 Å². The van der Waals surface area contributed by atoms with Gasteiger partial charge in [-0.25, -0.2) is 0 Å². The third-order valence-electron chi connectivity index (χ3n) is 5.49. The van der Waals surface area contributed by atoms with Gasteiger partial charge in [0.05, 0.1) is 0 Å². The number of quaternary nitrogens is 1. The Hall–Kier alpha value is -2.13. The lowest BCUT2D eigenvalue weighted by molar-refractivity contribution is -0.692. The molecule has 1 saturated heterocycles. The second-order valence-electron chi connectivity index (χ2n) is 8.72. The minimum Gasteiger partial charge on any atom is -0.338 e. The van der Waals surface area contributed by atoms with Gasteiger partial charge < -0.3 is 10.2 Å². The Morgan fingerprint density at radius 3 is 2.19 bits per heavy atom. The fourth-order valence-electron chi connectivity index (χ4n) is 3.73. The van der Waals surface area contributed by atoms with E-state index in [9.17, 15) is 4.79 Å². The topological polar surface area (TPSA) is 36.9 Å². The summed E-state index contributed by atoms with van der Waals surface area (Å²) in [4.78, 5) is 15.1. The molecule has 1 aliphatic heterocycles. The molecule has 0 saturated carbocycles. The minimum absolute atomic E-state index is 0.0483. The Morgan fingerprint density at radius 1 is 0.963 bits per heavy atom. The molecule has 0 spiro atoms. The molecule has 2 aromatic carbocycles. The lowest BCUT2D eigenvalue weighted by Gasteiger charge is -2.22. The highest BCUT2D eigenvalue weighted by molar-refractivity contribution is 5.81. The van der Waals surface area contributed by atoms with Gasteiger partial charge in [-0.15, -0.1) is 0 Å². The maximum absolute atomic E-state index is 13.1. The molecular formula is C24H33N2O+. The first-order valence-electron chi connectivity index (χ1n) is 10.2. The molecule has 27 heavy (non-hydrogen) atoms. The van der Waals surface area contributed by atoms with Crippen molar-refractivity contribution in [2.45, 2.75) is 58.0 Å². The molecule has 3 heteroatoms. The highest BCUT2D eigenvalue weighted by atomic mass is 16.2. The highest BCUT2D eigenvalue weighted by Crippen LogP contribution is 2.22. The molecule has 144 valence electrons. The number of rotatable bonds is 6. The van der Waals surface area contributed by atoms with E-state index in [0.29, 0.717) is 5.91 Å². The van der Waals surface area contributed by atoms with Gasteiger partial charge in [0, 0.05) is 25.1 Å². The Bertz CT molecular complexity index is 725. The average Bonchev–Trinajstić information content (AvgIpc) is 3.20. The molecule has 0 radical (unpaired) electrons. The van der Waals surface area contributed by atoms with Crippen molar-refractivity contribution in [1.82, 2.24) is 4.90 Å². The van der Waals surface area contributed by atoms with Crippen LogP contribution < -0.4 is 5.32 Å². The number of carbonyl (C=O) groups is 1. The van der Waals surface area contributed by atoms with Gasteiger partial charge in [0.15, 0.2) is 6.04 Å². The van der Waals surface area contributed by atoms with Crippen LogP contribution in [0.2, 0.25) is 0 Å². The molecule has 0 aliphatic carbocycles. The zero-order valence-corrected chi connectivity index (χ0v) is 16.9. The number of nitrogens with two attached hydrogens (primary N) is 1. The molecule has 1 fully saturated rings. The zero-order chi connectivity index (χ0) is 19.3. The summed E-state index contributed by atoms with van der Waals surface area (Å²) in [6, 6.07) is 19.2. The largest absolute Gasteiger partial charge is 0.338 e. The molecule has 1 aliphatic rings. The lowest BCUT2D eigenvalue weighted by atomic mass is 9.87.